The molecule has 10 heteroatoms. The normalized spacial score (nSPS) is 12.1. The van der Waals surface area contributed by atoms with E-state index in [1.807, 2.05) is 0 Å². The minimum absolute atomic E-state index is 0.330. The maximum Gasteiger partial charge on any atom is 0.390 e. The molecule has 36 heavy (non-hydrogen) atoms. The van der Waals surface area contributed by atoms with Crippen LogP contribution in [0.15, 0.2) is 60.9 Å². The molecule has 0 bridgehead atoms. The van der Waals surface area contributed by atoms with E-state index < -0.39 is 18.4 Å². The van der Waals surface area contributed by atoms with E-state index in [9.17, 15) is 23.4 Å². The molecule has 4 rings (SSSR count). The molecule has 0 spiro atoms. The Kier molecular flexibility index (Phi) is 6.83. The zero-order valence-corrected chi connectivity index (χ0v) is 19.9. The lowest BCUT2D eigenvalue weighted by Crippen LogP contribution is -2.21. The van der Waals surface area contributed by atoms with Gasteiger partial charge in [0.2, 0.25) is 0 Å². The zero-order chi connectivity index (χ0) is 26.1. The van der Waals surface area contributed by atoms with Crippen LogP contribution < -0.4 is 14.8 Å². The van der Waals surface area contributed by atoms with E-state index in [4.69, 9.17) is 9.47 Å². The minimum atomic E-state index is -4.30. The number of aliphatic hydroxyl groups is 2. The first-order valence-electron chi connectivity index (χ1n) is 11.1. The van der Waals surface area contributed by atoms with Crippen LogP contribution in [0, 0.1) is 6.92 Å². The number of methoxy groups -OCH3 is 1. The monoisotopic (exact) mass is 501 g/mol. The highest BCUT2D eigenvalue weighted by atomic mass is 19.4. The van der Waals surface area contributed by atoms with E-state index in [-0.39, 0.29) is 6.54 Å². The van der Waals surface area contributed by atoms with Crippen molar-refractivity contribution < 1.29 is 32.9 Å². The van der Waals surface area contributed by atoms with E-state index in [1.54, 1.807) is 72.4 Å². The van der Waals surface area contributed by atoms with Gasteiger partial charge in [-0.1, -0.05) is 18.2 Å². The number of benzene rings is 3. The quantitative estimate of drug-likeness (QED) is 0.270. The molecular weight excluding hydrogens is 475 g/mol. The lowest BCUT2D eigenvalue weighted by molar-refractivity contribution is -0.153. The summed E-state index contributed by atoms with van der Waals surface area (Å²) >= 11 is 0. The number of para-hydroxylation sites is 2. The van der Waals surface area contributed by atoms with Crippen LogP contribution in [0.25, 0.3) is 16.7 Å². The Morgan fingerprint density at radius 2 is 1.75 bits per heavy atom. The molecule has 3 N–H and O–H groups in total. The third kappa shape index (κ3) is 5.55. The van der Waals surface area contributed by atoms with Crippen LogP contribution in [0.4, 0.5) is 18.9 Å². The summed E-state index contributed by atoms with van der Waals surface area (Å²) in [5.41, 5.74) is 3.10. The number of halogens is 3. The molecule has 4 aromatic rings. The molecule has 0 atom stereocenters. The first kappa shape index (κ1) is 25.3. The molecule has 0 aliphatic heterocycles. The summed E-state index contributed by atoms with van der Waals surface area (Å²) in [6, 6.07) is 15.4. The average molecular weight is 502 g/mol. The third-order valence-electron chi connectivity index (χ3n) is 5.64. The Bertz CT molecular complexity index is 1380. The standard InChI is InChI=1S/C26H26F3N3O4/c1-16-12-17(8-9-19(16)25(2,33)34)32-15-31-24-20(30-11-10-26(27,28)29)13-18(14-21(24)32)36-23-7-5-4-6-22(23)35-3/h4-9,12-15,30,33-34H,10-11H2,1-3H3. The first-order chi connectivity index (χ1) is 17.0. The van der Waals surface area contributed by atoms with Crippen molar-refractivity contribution >= 4 is 16.7 Å². The second-order valence-electron chi connectivity index (χ2n) is 8.52. The van der Waals surface area contributed by atoms with Gasteiger partial charge >= 0.3 is 6.18 Å². The van der Waals surface area contributed by atoms with Crippen LogP contribution in [-0.4, -0.2) is 39.6 Å². The van der Waals surface area contributed by atoms with Crippen LogP contribution in [-0.2, 0) is 5.79 Å². The molecule has 190 valence electrons. The number of rotatable bonds is 8. The van der Waals surface area contributed by atoms with Gasteiger partial charge in [-0.3, -0.25) is 4.57 Å². The second kappa shape index (κ2) is 9.71. The van der Waals surface area contributed by atoms with Crippen LogP contribution in [0.5, 0.6) is 17.2 Å². The zero-order valence-electron chi connectivity index (χ0n) is 19.9. The highest BCUT2D eigenvalue weighted by molar-refractivity contribution is 5.91. The summed E-state index contributed by atoms with van der Waals surface area (Å²) in [4.78, 5) is 4.43. The van der Waals surface area contributed by atoms with Crippen molar-refractivity contribution in [2.24, 2.45) is 0 Å². The molecule has 0 fully saturated rings. The molecule has 0 saturated carbocycles. The van der Waals surface area contributed by atoms with Gasteiger partial charge < -0.3 is 25.0 Å². The Labute approximate surface area is 205 Å². The highest BCUT2D eigenvalue weighted by Gasteiger charge is 2.26. The predicted octanol–water partition coefficient (Wildman–Crippen LogP) is 5.66. The number of anilines is 1. The average Bonchev–Trinajstić information content (AvgIpc) is 3.22. The molecule has 0 aliphatic carbocycles. The van der Waals surface area contributed by atoms with Gasteiger partial charge in [-0.2, -0.15) is 13.2 Å². The van der Waals surface area contributed by atoms with E-state index in [2.05, 4.69) is 10.3 Å². The molecule has 7 nitrogen and oxygen atoms in total. The van der Waals surface area contributed by atoms with Crippen LogP contribution in [0.3, 0.4) is 0 Å². The summed E-state index contributed by atoms with van der Waals surface area (Å²) < 4.78 is 51.5. The molecule has 0 unspecified atom stereocenters. The first-order valence-corrected chi connectivity index (χ1v) is 11.1. The SMILES string of the molecule is COc1ccccc1Oc1cc(NCCC(F)(F)F)c2ncn(-c3ccc(C(C)(O)O)c(C)c3)c2c1. The van der Waals surface area contributed by atoms with Gasteiger partial charge in [0, 0.05) is 29.9 Å². The summed E-state index contributed by atoms with van der Waals surface area (Å²) in [7, 11) is 1.51. The summed E-state index contributed by atoms with van der Waals surface area (Å²) in [6.45, 7) is 2.70. The van der Waals surface area contributed by atoms with Crippen molar-refractivity contribution in [2.45, 2.75) is 32.2 Å². The molecule has 1 aromatic heterocycles. The van der Waals surface area contributed by atoms with Crippen molar-refractivity contribution in [1.82, 2.24) is 9.55 Å². The fourth-order valence-corrected chi connectivity index (χ4v) is 3.99. The maximum absolute atomic E-state index is 12.8. The molecule has 1 heterocycles. The van der Waals surface area contributed by atoms with E-state index >= 15 is 0 Å². The van der Waals surface area contributed by atoms with Crippen LogP contribution >= 0.6 is 0 Å². The van der Waals surface area contributed by atoms with Gasteiger partial charge in [-0.25, -0.2) is 4.98 Å². The number of nitrogens with one attached hydrogen (secondary N) is 1. The molecule has 0 amide bonds. The molecule has 0 radical (unpaired) electrons. The Morgan fingerprint density at radius 1 is 1.03 bits per heavy atom. The van der Waals surface area contributed by atoms with E-state index in [0.717, 1.165) is 0 Å². The van der Waals surface area contributed by atoms with Crippen LogP contribution in [0.1, 0.15) is 24.5 Å². The largest absolute Gasteiger partial charge is 0.493 e. The van der Waals surface area contributed by atoms with E-state index in [1.165, 1.54) is 14.0 Å². The van der Waals surface area contributed by atoms with Gasteiger partial charge in [0.15, 0.2) is 17.3 Å². The second-order valence-corrected chi connectivity index (χ2v) is 8.52. The summed E-state index contributed by atoms with van der Waals surface area (Å²) in [5.74, 6) is -0.683. The number of ether oxygens (including phenoxy) is 2. The van der Waals surface area contributed by atoms with Crippen molar-refractivity contribution in [3.8, 4) is 22.9 Å². The van der Waals surface area contributed by atoms with Crippen molar-refractivity contribution in [3.05, 3.63) is 72.1 Å². The molecule has 0 aliphatic rings. The van der Waals surface area contributed by atoms with Crippen molar-refractivity contribution in [2.75, 3.05) is 19.0 Å². The number of imidazole rings is 1. The van der Waals surface area contributed by atoms with Gasteiger partial charge in [0.25, 0.3) is 0 Å². The fraction of sp³-hybridized carbons (Fsp3) is 0.269. The number of hydrogen-bond donors (Lipinski definition) is 3. The molecule has 0 saturated heterocycles. The lowest BCUT2D eigenvalue weighted by atomic mass is 10.0. The summed E-state index contributed by atoms with van der Waals surface area (Å²) in [5, 5.41) is 22.8. The molecular formula is C26H26F3N3O4. The minimum Gasteiger partial charge on any atom is -0.493 e. The highest BCUT2D eigenvalue weighted by Crippen LogP contribution is 2.36. The number of alkyl halides is 3. The lowest BCUT2D eigenvalue weighted by Gasteiger charge is -2.20. The third-order valence-corrected chi connectivity index (χ3v) is 5.64. The topological polar surface area (TPSA) is 88.8 Å². The van der Waals surface area contributed by atoms with Crippen molar-refractivity contribution in [1.29, 1.82) is 0 Å². The Morgan fingerprint density at radius 3 is 2.39 bits per heavy atom. The number of nitrogens with zero attached hydrogens (tertiary/aromatic N) is 2. The smallest absolute Gasteiger partial charge is 0.390 e. The van der Waals surface area contributed by atoms with E-state index in [0.29, 0.717) is 50.8 Å². The number of fused-ring (bicyclic) bond motifs is 1. The predicted molar refractivity (Wildman–Crippen MR) is 130 cm³/mol. The van der Waals surface area contributed by atoms with Gasteiger partial charge in [-0.15, -0.1) is 0 Å². The van der Waals surface area contributed by atoms with Crippen molar-refractivity contribution in [3.63, 3.8) is 0 Å². The fourth-order valence-electron chi connectivity index (χ4n) is 3.99. The van der Waals surface area contributed by atoms with Gasteiger partial charge in [-0.05, 0) is 43.7 Å². The van der Waals surface area contributed by atoms with Gasteiger partial charge in [0.05, 0.1) is 24.7 Å². The number of aryl methyl sites for hydroxylation is 1. The number of hydrogen-bond acceptors (Lipinski definition) is 6. The van der Waals surface area contributed by atoms with Gasteiger partial charge in [0.1, 0.15) is 17.6 Å². The Balaban J connectivity index is 1.79. The number of aromatic nitrogens is 2. The summed E-state index contributed by atoms with van der Waals surface area (Å²) in [6.07, 6.45) is -3.75. The van der Waals surface area contributed by atoms with Crippen LogP contribution in [0.2, 0.25) is 0 Å². The maximum atomic E-state index is 12.8. The molecule has 3 aromatic carbocycles. The Hall–Kier alpha value is -3.76.